The van der Waals surface area contributed by atoms with Gasteiger partial charge in [-0.3, -0.25) is 14.5 Å². The third-order valence-electron chi connectivity index (χ3n) is 4.04. The van der Waals surface area contributed by atoms with Crippen LogP contribution in [0.3, 0.4) is 0 Å². The van der Waals surface area contributed by atoms with Crippen molar-refractivity contribution in [3.63, 3.8) is 0 Å². The summed E-state index contributed by atoms with van der Waals surface area (Å²) in [5.41, 5.74) is 3.74. The highest BCUT2D eigenvalue weighted by molar-refractivity contribution is 8.18. The third-order valence-corrected chi connectivity index (χ3v) is 5.26. The molecule has 0 atom stereocenters. The molecule has 1 aromatic carbocycles. The van der Waals surface area contributed by atoms with Crippen LogP contribution < -0.4 is 0 Å². The maximum absolute atomic E-state index is 12.4. The highest BCUT2D eigenvalue weighted by Gasteiger charge is 2.34. The summed E-state index contributed by atoms with van der Waals surface area (Å²) in [6.45, 7) is 7.76. The van der Waals surface area contributed by atoms with E-state index in [0.29, 0.717) is 9.93 Å². The van der Waals surface area contributed by atoms with Crippen molar-refractivity contribution in [2.24, 2.45) is 0 Å². The van der Waals surface area contributed by atoms with Crippen LogP contribution in [0.1, 0.15) is 17.0 Å². The summed E-state index contributed by atoms with van der Waals surface area (Å²) in [6.07, 6.45) is 3.31. The molecule has 1 aliphatic heterocycles. The van der Waals surface area contributed by atoms with Gasteiger partial charge in [0.15, 0.2) is 0 Å². The zero-order valence-corrected chi connectivity index (χ0v) is 15.5. The van der Waals surface area contributed by atoms with E-state index in [2.05, 4.69) is 6.58 Å². The number of nitrogens with zero attached hydrogens (tertiary/aromatic N) is 2. The van der Waals surface area contributed by atoms with Crippen molar-refractivity contribution in [1.82, 2.24) is 9.47 Å². The molecule has 0 unspecified atom stereocenters. The number of aromatic nitrogens is 1. The summed E-state index contributed by atoms with van der Waals surface area (Å²) < 4.78 is 2.04. The van der Waals surface area contributed by atoms with Crippen molar-refractivity contribution in [2.75, 3.05) is 6.54 Å². The van der Waals surface area contributed by atoms with Crippen LogP contribution in [0.2, 0.25) is 5.02 Å². The van der Waals surface area contributed by atoms with Crippen molar-refractivity contribution < 1.29 is 9.59 Å². The first-order chi connectivity index (χ1) is 11.9. The van der Waals surface area contributed by atoms with Crippen molar-refractivity contribution in [2.45, 2.75) is 13.8 Å². The first-order valence-corrected chi connectivity index (χ1v) is 8.93. The van der Waals surface area contributed by atoms with Gasteiger partial charge in [0, 0.05) is 17.9 Å². The van der Waals surface area contributed by atoms with E-state index < -0.39 is 0 Å². The van der Waals surface area contributed by atoms with Gasteiger partial charge in [-0.25, -0.2) is 0 Å². The fraction of sp³-hybridized carbons (Fsp3) is 0.158. The van der Waals surface area contributed by atoms with Crippen molar-refractivity contribution >= 4 is 40.6 Å². The van der Waals surface area contributed by atoms with E-state index in [1.807, 2.05) is 48.7 Å². The Hall–Kier alpha value is -2.24. The number of carbonyl (C=O) groups is 2. The Labute approximate surface area is 155 Å². The molecule has 3 rings (SSSR count). The maximum Gasteiger partial charge on any atom is 0.293 e. The second-order valence-corrected chi connectivity index (χ2v) is 7.09. The highest BCUT2D eigenvalue weighted by atomic mass is 35.5. The summed E-state index contributed by atoms with van der Waals surface area (Å²) in [4.78, 5) is 25.9. The predicted molar refractivity (Wildman–Crippen MR) is 103 cm³/mol. The number of amides is 2. The molecule has 4 nitrogen and oxygen atoms in total. The van der Waals surface area contributed by atoms with Crippen molar-refractivity contribution in [3.8, 4) is 5.69 Å². The van der Waals surface area contributed by atoms with E-state index >= 15 is 0 Å². The summed E-state index contributed by atoms with van der Waals surface area (Å²) in [5, 5.41) is 0.387. The average Bonchev–Trinajstić information content (AvgIpc) is 2.99. The van der Waals surface area contributed by atoms with Crippen LogP contribution in [0, 0.1) is 13.8 Å². The molecule has 2 heterocycles. The zero-order valence-electron chi connectivity index (χ0n) is 14.0. The van der Waals surface area contributed by atoms with E-state index in [-0.39, 0.29) is 17.7 Å². The molecule has 1 aliphatic rings. The van der Waals surface area contributed by atoms with E-state index in [9.17, 15) is 9.59 Å². The number of benzene rings is 1. The van der Waals surface area contributed by atoms with Gasteiger partial charge in [0.1, 0.15) is 0 Å². The van der Waals surface area contributed by atoms with Gasteiger partial charge < -0.3 is 4.57 Å². The Morgan fingerprint density at radius 1 is 1.24 bits per heavy atom. The lowest BCUT2D eigenvalue weighted by atomic mass is 10.2. The SMILES string of the molecule is C=CCN1C(=O)S/C(=C/c2cc(C)n(-c3ccccc3Cl)c2C)C1=O. The summed E-state index contributed by atoms with van der Waals surface area (Å²) in [5.74, 6) is -0.280. The van der Waals surface area contributed by atoms with Gasteiger partial charge in [0.2, 0.25) is 0 Å². The van der Waals surface area contributed by atoms with E-state index in [4.69, 9.17) is 11.6 Å². The molecule has 1 fully saturated rings. The highest BCUT2D eigenvalue weighted by Crippen LogP contribution is 2.34. The first-order valence-electron chi connectivity index (χ1n) is 7.74. The van der Waals surface area contributed by atoms with Crippen LogP contribution >= 0.6 is 23.4 Å². The van der Waals surface area contributed by atoms with E-state index in [1.165, 1.54) is 4.90 Å². The first kappa shape index (κ1) is 17.6. The lowest BCUT2D eigenvalue weighted by molar-refractivity contribution is -0.122. The third kappa shape index (κ3) is 3.17. The molecule has 6 heteroatoms. The molecule has 2 aromatic rings. The van der Waals surface area contributed by atoms with Gasteiger partial charge in [-0.2, -0.15) is 0 Å². The van der Waals surface area contributed by atoms with Gasteiger partial charge >= 0.3 is 0 Å². The number of imide groups is 1. The number of halogens is 1. The molecule has 0 spiro atoms. The number of rotatable bonds is 4. The standard InChI is InChI=1S/C19H17ClN2O2S/c1-4-9-21-18(23)17(25-19(21)24)11-14-10-12(2)22(13(14)3)16-8-6-5-7-15(16)20/h4-8,10-11H,1,9H2,2-3H3/b17-11+. The van der Waals surface area contributed by atoms with Crippen LogP contribution in [-0.2, 0) is 4.79 Å². The summed E-state index contributed by atoms with van der Waals surface area (Å²) in [7, 11) is 0. The smallest absolute Gasteiger partial charge is 0.293 e. The fourth-order valence-corrected chi connectivity index (χ4v) is 3.92. The Kier molecular flexibility index (Phi) is 4.88. The van der Waals surface area contributed by atoms with Crippen molar-refractivity contribution in [3.05, 3.63) is 69.9 Å². The van der Waals surface area contributed by atoms with Crippen LogP contribution in [-0.4, -0.2) is 27.2 Å². The number of hydrogen-bond donors (Lipinski definition) is 0. The molecule has 2 amide bonds. The number of para-hydroxylation sites is 1. The topological polar surface area (TPSA) is 42.3 Å². The molecule has 25 heavy (non-hydrogen) atoms. The number of thioether (sulfide) groups is 1. The summed E-state index contributed by atoms with van der Waals surface area (Å²) >= 11 is 7.28. The number of carbonyl (C=O) groups excluding carboxylic acids is 2. The van der Waals surface area contributed by atoms with Gasteiger partial charge in [0.25, 0.3) is 11.1 Å². The minimum Gasteiger partial charge on any atom is -0.316 e. The van der Waals surface area contributed by atoms with Crippen LogP contribution in [0.25, 0.3) is 11.8 Å². The quantitative estimate of drug-likeness (QED) is 0.562. The molecular formula is C19H17ClN2O2S. The normalized spacial score (nSPS) is 16.1. The molecule has 128 valence electrons. The minimum atomic E-state index is -0.280. The van der Waals surface area contributed by atoms with E-state index in [0.717, 1.165) is 34.4 Å². The predicted octanol–water partition coefficient (Wildman–Crippen LogP) is 4.97. The monoisotopic (exact) mass is 372 g/mol. The Balaban J connectivity index is 2.02. The molecule has 0 N–H and O–H groups in total. The van der Waals surface area contributed by atoms with Gasteiger partial charge in [-0.1, -0.05) is 29.8 Å². The molecule has 0 bridgehead atoms. The lowest BCUT2D eigenvalue weighted by Gasteiger charge is -2.11. The Morgan fingerprint density at radius 2 is 1.96 bits per heavy atom. The molecule has 0 aliphatic carbocycles. The Morgan fingerprint density at radius 3 is 2.64 bits per heavy atom. The van der Waals surface area contributed by atoms with Gasteiger partial charge in [-0.15, -0.1) is 6.58 Å². The van der Waals surface area contributed by atoms with Crippen LogP contribution in [0.15, 0.2) is 47.9 Å². The zero-order chi connectivity index (χ0) is 18.1. The van der Waals surface area contributed by atoms with Crippen molar-refractivity contribution in [1.29, 1.82) is 0 Å². The molecular weight excluding hydrogens is 356 g/mol. The lowest BCUT2D eigenvalue weighted by Crippen LogP contribution is -2.27. The molecule has 0 saturated carbocycles. The van der Waals surface area contributed by atoms with Gasteiger partial charge in [0.05, 0.1) is 15.6 Å². The van der Waals surface area contributed by atoms with Crippen LogP contribution in [0.4, 0.5) is 4.79 Å². The average molecular weight is 373 g/mol. The molecule has 0 radical (unpaired) electrons. The molecule has 1 saturated heterocycles. The van der Waals surface area contributed by atoms with Gasteiger partial charge in [-0.05, 0) is 55.4 Å². The maximum atomic E-state index is 12.4. The summed E-state index contributed by atoms with van der Waals surface area (Å²) in [6, 6.07) is 9.59. The largest absolute Gasteiger partial charge is 0.316 e. The Bertz CT molecular complexity index is 914. The second kappa shape index (κ2) is 6.94. The second-order valence-electron chi connectivity index (χ2n) is 5.69. The van der Waals surface area contributed by atoms with Crippen LogP contribution in [0.5, 0.6) is 0 Å². The molecule has 1 aromatic heterocycles. The number of hydrogen-bond acceptors (Lipinski definition) is 3. The number of aryl methyl sites for hydroxylation is 1. The van der Waals surface area contributed by atoms with E-state index in [1.54, 1.807) is 12.2 Å². The fourth-order valence-electron chi connectivity index (χ4n) is 2.87. The minimum absolute atomic E-state index is 0.223.